The van der Waals surface area contributed by atoms with E-state index in [2.05, 4.69) is 0 Å². The zero-order valence-electron chi connectivity index (χ0n) is 8.17. The Hall–Kier alpha value is -1.75. The number of benzene rings is 1. The van der Waals surface area contributed by atoms with Gasteiger partial charge in [0, 0.05) is 5.56 Å². The molecule has 0 unspecified atom stereocenters. The van der Waals surface area contributed by atoms with Crippen molar-refractivity contribution in [2.75, 3.05) is 7.11 Å². The number of ether oxygens (including phenoxy) is 1. The van der Waals surface area contributed by atoms with Crippen molar-refractivity contribution in [2.45, 2.75) is 12.5 Å². The molecule has 0 bridgehead atoms. The van der Waals surface area contributed by atoms with Gasteiger partial charge in [-0.25, -0.2) is 0 Å². The second-order valence-electron chi connectivity index (χ2n) is 3.04. The second kappa shape index (κ2) is 4.65. The Balaban J connectivity index is 2.95. The third-order valence-corrected chi connectivity index (χ3v) is 1.96. The normalized spacial score (nSPS) is 12.1. The SMILES string of the molecule is COc1ccc(O)c([C@H](O)CC(=O)O)c1. The molecule has 1 aromatic carbocycles. The largest absolute Gasteiger partial charge is 0.508 e. The van der Waals surface area contributed by atoms with Gasteiger partial charge in [-0.3, -0.25) is 4.79 Å². The van der Waals surface area contributed by atoms with Crippen LogP contribution in [-0.4, -0.2) is 28.4 Å². The van der Waals surface area contributed by atoms with Gasteiger partial charge in [0.05, 0.1) is 19.6 Å². The van der Waals surface area contributed by atoms with Gasteiger partial charge in [-0.15, -0.1) is 0 Å². The quantitative estimate of drug-likeness (QED) is 0.690. The number of hydrogen-bond acceptors (Lipinski definition) is 4. The van der Waals surface area contributed by atoms with E-state index in [1.807, 2.05) is 0 Å². The lowest BCUT2D eigenvalue weighted by molar-refractivity contribution is -0.139. The fourth-order valence-corrected chi connectivity index (χ4v) is 1.20. The van der Waals surface area contributed by atoms with Crippen molar-refractivity contribution in [1.82, 2.24) is 0 Å². The number of carboxylic acids is 1. The molecule has 0 radical (unpaired) electrons. The highest BCUT2D eigenvalue weighted by Gasteiger charge is 2.16. The van der Waals surface area contributed by atoms with Gasteiger partial charge in [0.25, 0.3) is 0 Å². The highest BCUT2D eigenvalue weighted by molar-refractivity contribution is 5.68. The maximum Gasteiger partial charge on any atom is 0.306 e. The van der Waals surface area contributed by atoms with Crippen LogP contribution in [0.25, 0.3) is 0 Å². The van der Waals surface area contributed by atoms with Crippen LogP contribution in [0.2, 0.25) is 0 Å². The maximum atomic E-state index is 10.4. The van der Waals surface area contributed by atoms with Crippen molar-refractivity contribution in [3.05, 3.63) is 23.8 Å². The number of phenols is 1. The number of aliphatic carboxylic acids is 1. The van der Waals surface area contributed by atoms with E-state index < -0.39 is 18.5 Å². The summed E-state index contributed by atoms with van der Waals surface area (Å²) >= 11 is 0. The van der Waals surface area contributed by atoms with Gasteiger partial charge in [-0.1, -0.05) is 0 Å². The summed E-state index contributed by atoms with van der Waals surface area (Å²) in [6.07, 6.45) is -1.70. The fourth-order valence-electron chi connectivity index (χ4n) is 1.20. The first-order valence-electron chi connectivity index (χ1n) is 4.31. The molecule has 0 aromatic heterocycles. The van der Waals surface area contributed by atoms with E-state index in [1.165, 1.54) is 25.3 Å². The monoisotopic (exact) mass is 212 g/mol. The first-order valence-corrected chi connectivity index (χ1v) is 4.31. The lowest BCUT2D eigenvalue weighted by Crippen LogP contribution is -2.05. The van der Waals surface area contributed by atoms with Crippen LogP contribution in [0.4, 0.5) is 0 Å². The Bertz CT molecular complexity index is 361. The van der Waals surface area contributed by atoms with Crippen LogP contribution in [0.15, 0.2) is 18.2 Å². The number of hydrogen-bond donors (Lipinski definition) is 3. The third kappa shape index (κ3) is 2.85. The minimum atomic E-state index is -1.24. The van der Waals surface area contributed by atoms with E-state index in [-0.39, 0.29) is 11.3 Å². The molecule has 0 aliphatic carbocycles. The molecule has 0 aliphatic rings. The number of rotatable bonds is 4. The van der Waals surface area contributed by atoms with Gasteiger partial charge in [-0.05, 0) is 18.2 Å². The summed E-state index contributed by atoms with van der Waals surface area (Å²) < 4.78 is 4.90. The Kier molecular flexibility index (Phi) is 3.51. The molecule has 3 N–H and O–H groups in total. The van der Waals surface area contributed by atoms with Crippen LogP contribution in [0.1, 0.15) is 18.1 Å². The average Bonchev–Trinajstić information content (AvgIpc) is 2.17. The molecule has 0 fully saturated rings. The Morgan fingerprint density at radius 2 is 2.20 bits per heavy atom. The Labute approximate surface area is 86.5 Å². The number of aliphatic hydroxyl groups is 1. The van der Waals surface area contributed by atoms with Crippen LogP contribution in [-0.2, 0) is 4.79 Å². The minimum absolute atomic E-state index is 0.149. The van der Waals surface area contributed by atoms with Crippen LogP contribution in [0.5, 0.6) is 11.5 Å². The lowest BCUT2D eigenvalue weighted by atomic mass is 10.1. The number of aromatic hydroxyl groups is 1. The molecule has 1 atom stereocenters. The molecule has 0 saturated carbocycles. The third-order valence-electron chi connectivity index (χ3n) is 1.96. The fraction of sp³-hybridized carbons (Fsp3) is 0.300. The van der Waals surface area contributed by atoms with Gasteiger partial charge in [0.2, 0.25) is 0 Å². The predicted octanol–water partition coefficient (Wildman–Crippen LogP) is 0.909. The molecule has 15 heavy (non-hydrogen) atoms. The zero-order valence-corrected chi connectivity index (χ0v) is 8.17. The summed E-state index contributed by atoms with van der Waals surface area (Å²) in [4.78, 5) is 10.4. The summed E-state index contributed by atoms with van der Waals surface area (Å²) in [6, 6.07) is 4.27. The van der Waals surface area contributed by atoms with Gasteiger partial charge in [0.15, 0.2) is 0 Å². The van der Waals surface area contributed by atoms with Crippen LogP contribution in [0, 0.1) is 0 Å². The molecular weight excluding hydrogens is 200 g/mol. The average molecular weight is 212 g/mol. The van der Waals surface area contributed by atoms with E-state index in [9.17, 15) is 15.0 Å². The topological polar surface area (TPSA) is 87.0 Å². The van der Waals surface area contributed by atoms with E-state index in [0.29, 0.717) is 5.75 Å². The summed E-state index contributed by atoms with van der Waals surface area (Å²) in [7, 11) is 1.44. The van der Waals surface area contributed by atoms with E-state index >= 15 is 0 Å². The summed E-state index contributed by atoms with van der Waals surface area (Å²) in [5, 5.41) is 27.4. The number of aliphatic hydroxyl groups excluding tert-OH is 1. The number of carboxylic acid groups (broad SMARTS) is 1. The molecule has 0 amide bonds. The highest BCUT2D eigenvalue weighted by Crippen LogP contribution is 2.29. The molecule has 5 heteroatoms. The lowest BCUT2D eigenvalue weighted by Gasteiger charge is -2.11. The highest BCUT2D eigenvalue weighted by atomic mass is 16.5. The first kappa shape index (κ1) is 11.3. The zero-order chi connectivity index (χ0) is 11.4. The van der Waals surface area contributed by atoms with Crippen LogP contribution in [0.3, 0.4) is 0 Å². The summed E-state index contributed by atoms with van der Waals surface area (Å²) in [6.45, 7) is 0. The number of phenolic OH excluding ortho intramolecular Hbond substituents is 1. The van der Waals surface area contributed by atoms with E-state index in [4.69, 9.17) is 9.84 Å². The van der Waals surface area contributed by atoms with Gasteiger partial charge in [0.1, 0.15) is 11.5 Å². The Morgan fingerprint density at radius 1 is 1.53 bits per heavy atom. The molecule has 0 aliphatic heterocycles. The number of methoxy groups -OCH3 is 1. The standard InChI is InChI=1S/C10H12O5/c1-15-6-2-3-8(11)7(4-6)9(12)5-10(13)14/h2-4,9,11-12H,5H2,1H3,(H,13,14)/t9-/m1/s1. The summed E-state index contributed by atoms with van der Waals surface area (Å²) in [5.41, 5.74) is 0.150. The van der Waals surface area contributed by atoms with Crippen molar-refractivity contribution >= 4 is 5.97 Å². The van der Waals surface area contributed by atoms with E-state index in [1.54, 1.807) is 0 Å². The van der Waals surface area contributed by atoms with Gasteiger partial charge >= 0.3 is 5.97 Å². The Morgan fingerprint density at radius 3 is 2.73 bits per heavy atom. The first-order chi connectivity index (χ1) is 7.04. The van der Waals surface area contributed by atoms with Crippen LogP contribution >= 0.6 is 0 Å². The molecule has 0 spiro atoms. The molecule has 5 nitrogen and oxygen atoms in total. The van der Waals surface area contributed by atoms with Crippen LogP contribution < -0.4 is 4.74 Å². The van der Waals surface area contributed by atoms with Crippen molar-refractivity contribution in [3.8, 4) is 11.5 Å². The molecule has 1 aromatic rings. The van der Waals surface area contributed by atoms with Crippen molar-refractivity contribution in [3.63, 3.8) is 0 Å². The molecule has 0 saturated heterocycles. The van der Waals surface area contributed by atoms with Gasteiger partial charge < -0.3 is 20.1 Å². The van der Waals surface area contributed by atoms with Crippen molar-refractivity contribution in [2.24, 2.45) is 0 Å². The van der Waals surface area contributed by atoms with Crippen molar-refractivity contribution in [1.29, 1.82) is 0 Å². The maximum absolute atomic E-state index is 10.4. The predicted molar refractivity (Wildman–Crippen MR) is 51.9 cm³/mol. The second-order valence-corrected chi connectivity index (χ2v) is 3.04. The van der Waals surface area contributed by atoms with E-state index in [0.717, 1.165) is 0 Å². The molecule has 0 heterocycles. The van der Waals surface area contributed by atoms with Gasteiger partial charge in [-0.2, -0.15) is 0 Å². The number of carbonyl (C=O) groups is 1. The minimum Gasteiger partial charge on any atom is -0.508 e. The van der Waals surface area contributed by atoms with Crippen molar-refractivity contribution < 1.29 is 24.9 Å². The molecular formula is C10H12O5. The summed E-state index contributed by atoms with van der Waals surface area (Å²) in [5.74, 6) is -0.832. The molecule has 82 valence electrons. The molecule has 1 rings (SSSR count). The smallest absolute Gasteiger partial charge is 0.306 e.